The number of carbonyl (C=O) groups is 2. The first-order valence-corrected chi connectivity index (χ1v) is 11.0. The van der Waals surface area contributed by atoms with Gasteiger partial charge in [0.05, 0.1) is 17.3 Å². The topological polar surface area (TPSA) is 79.3 Å². The lowest BCUT2D eigenvalue weighted by atomic mass is 9.97. The minimum absolute atomic E-state index is 0.0199. The van der Waals surface area contributed by atoms with Crippen molar-refractivity contribution >= 4 is 17.6 Å². The molecule has 0 spiro atoms. The van der Waals surface area contributed by atoms with Gasteiger partial charge in [-0.15, -0.1) is 0 Å². The molecule has 1 aliphatic heterocycles. The van der Waals surface area contributed by atoms with E-state index in [0.717, 1.165) is 41.2 Å². The number of piperidine rings is 1. The fourth-order valence-electron chi connectivity index (χ4n) is 4.17. The second-order valence-electron chi connectivity index (χ2n) is 8.20. The lowest BCUT2D eigenvalue weighted by Crippen LogP contribution is -2.46. The van der Waals surface area contributed by atoms with Crippen LogP contribution in [0.25, 0.3) is 5.69 Å². The lowest BCUT2D eigenvalue weighted by molar-refractivity contribution is -0.126. The van der Waals surface area contributed by atoms with Crippen molar-refractivity contribution in [3.63, 3.8) is 0 Å². The second-order valence-corrected chi connectivity index (χ2v) is 8.20. The molecule has 0 aliphatic carbocycles. The standard InChI is InChI=1S/C25H29N5O2/c1-18-23(19(2)30(28-18)22-13-7-4-8-14-22)16-26-24(31)20-10-9-15-29(17-20)25(32)27-21-11-5-3-6-12-21/h3-8,11-14,20H,9-10,15-17H2,1-2H3,(H,26,31)(H,27,32). The van der Waals surface area contributed by atoms with Crippen LogP contribution < -0.4 is 10.6 Å². The summed E-state index contributed by atoms with van der Waals surface area (Å²) < 4.78 is 1.91. The molecule has 1 aromatic heterocycles. The average molecular weight is 432 g/mol. The molecule has 32 heavy (non-hydrogen) atoms. The minimum atomic E-state index is -0.213. The Kier molecular flexibility index (Phi) is 6.54. The van der Waals surface area contributed by atoms with Crippen molar-refractivity contribution in [2.45, 2.75) is 33.2 Å². The van der Waals surface area contributed by atoms with Crippen molar-refractivity contribution in [3.8, 4) is 5.69 Å². The van der Waals surface area contributed by atoms with Crippen molar-refractivity contribution < 1.29 is 9.59 Å². The van der Waals surface area contributed by atoms with Gasteiger partial charge in [-0.1, -0.05) is 36.4 Å². The van der Waals surface area contributed by atoms with E-state index in [2.05, 4.69) is 15.7 Å². The zero-order chi connectivity index (χ0) is 22.5. The van der Waals surface area contributed by atoms with Crippen LogP contribution in [0.5, 0.6) is 0 Å². The molecule has 1 atom stereocenters. The number of aryl methyl sites for hydroxylation is 1. The summed E-state index contributed by atoms with van der Waals surface area (Å²) in [6, 6.07) is 19.2. The Morgan fingerprint density at radius 1 is 1.03 bits per heavy atom. The highest BCUT2D eigenvalue weighted by Gasteiger charge is 2.28. The number of rotatable bonds is 5. The van der Waals surface area contributed by atoms with E-state index in [1.807, 2.05) is 79.2 Å². The number of hydrogen-bond donors (Lipinski definition) is 2. The van der Waals surface area contributed by atoms with Crippen molar-refractivity contribution in [1.82, 2.24) is 20.0 Å². The zero-order valence-electron chi connectivity index (χ0n) is 18.5. The maximum Gasteiger partial charge on any atom is 0.321 e. The van der Waals surface area contributed by atoms with Gasteiger partial charge in [0.25, 0.3) is 0 Å². The number of hydrogen-bond acceptors (Lipinski definition) is 3. The van der Waals surface area contributed by atoms with E-state index in [1.54, 1.807) is 4.90 Å². The lowest BCUT2D eigenvalue weighted by Gasteiger charge is -2.32. The predicted molar refractivity (Wildman–Crippen MR) is 125 cm³/mol. The molecule has 2 N–H and O–H groups in total. The largest absolute Gasteiger partial charge is 0.352 e. The van der Waals surface area contributed by atoms with Gasteiger partial charge in [-0.3, -0.25) is 4.79 Å². The van der Waals surface area contributed by atoms with Gasteiger partial charge in [-0.2, -0.15) is 5.10 Å². The highest BCUT2D eigenvalue weighted by Crippen LogP contribution is 2.20. The number of aromatic nitrogens is 2. The SMILES string of the molecule is Cc1nn(-c2ccccc2)c(C)c1CNC(=O)C1CCCN(C(=O)Nc2ccccc2)C1. The molecule has 3 aromatic rings. The number of anilines is 1. The number of likely N-dealkylation sites (tertiary alicyclic amines) is 1. The summed E-state index contributed by atoms with van der Waals surface area (Å²) >= 11 is 0. The van der Waals surface area contributed by atoms with E-state index < -0.39 is 0 Å². The molecular formula is C25H29N5O2. The third-order valence-electron chi connectivity index (χ3n) is 5.99. The van der Waals surface area contributed by atoms with Crippen LogP contribution in [0.15, 0.2) is 60.7 Å². The third-order valence-corrected chi connectivity index (χ3v) is 5.99. The fourth-order valence-corrected chi connectivity index (χ4v) is 4.17. The van der Waals surface area contributed by atoms with Gasteiger partial charge in [0.15, 0.2) is 0 Å². The van der Waals surface area contributed by atoms with Crippen LogP contribution in [0.2, 0.25) is 0 Å². The zero-order valence-corrected chi connectivity index (χ0v) is 18.5. The Morgan fingerprint density at radius 2 is 1.72 bits per heavy atom. The van der Waals surface area contributed by atoms with Gasteiger partial charge in [0.2, 0.25) is 5.91 Å². The van der Waals surface area contributed by atoms with Crippen LogP contribution in [0.1, 0.15) is 29.8 Å². The van der Waals surface area contributed by atoms with Gasteiger partial charge >= 0.3 is 6.03 Å². The molecule has 0 saturated carbocycles. The predicted octanol–water partition coefficient (Wildman–Crippen LogP) is 4.05. The summed E-state index contributed by atoms with van der Waals surface area (Å²) in [5, 5.41) is 10.6. The number of nitrogens with one attached hydrogen (secondary N) is 2. The number of para-hydroxylation sites is 2. The monoisotopic (exact) mass is 431 g/mol. The number of amides is 3. The normalized spacial score (nSPS) is 15.9. The summed E-state index contributed by atoms with van der Waals surface area (Å²) in [6.45, 7) is 5.49. The first-order valence-electron chi connectivity index (χ1n) is 11.0. The van der Waals surface area contributed by atoms with Crippen LogP contribution in [0, 0.1) is 19.8 Å². The summed E-state index contributed by atoms with van der Waals surface area (Å²) in [6.07, 6.45) is 1.59. The van der Waals surface area contributed by atoms with Crippen LogP contribution in [-0.4, -0.2) is 39.7 Å². The number of carbonyl (C=O) groups excluding carboxylic acids is 2. The third kappa shape index (κ3) is 4.82. The Hall–Kier alpha value is -3.61. The van der Waals surface area contributed by atoms with Crippen molar-refractivity contribution in [1.29, 1.82) is 0 Å². The first-order chi connectivity index (χ1) is 15.5. The Balaban J connectivity index is 1.36. The van der Waals surface area contributed by atoms with Crippen LogP contribution in [0.3, 0.4) is 0 Å². The molecule has 7 heteroatoms. The van der Waals surface area contributed by atoms with Gasteiger partial charge in [0.1, 0.15) is 0 Å². The summed E-state index contributed by atoms with van der Waals surface area (Å²) in [4.78, 5) is 27.2. The molecule has 1 unspecified atom stereocenters. The van der Waals surface area contributed by atoms with Crippen LogP contribution in [-0.2, 0) is 11.3 Å². The van der Waals surface area contributed by atoms with Crippen LogP contribution in [0.4, 0.5) is 10.5 Å². The highest BCUT2D eigenvalue weighted by atomic mass is 16.2. The van der Waals surface area contributed by atoms with E-state index in [9.17, 15) is 9.59 Å². The van der Waals surface area contributed by atoms with Crippen molar-refractivity contribution in [3.05, 3.63) is 77.6 Å². The van der Waals surface area contributed by atoms with E-state index in [0.29, 0.717) is 19.6 Å². The van der Waals surface area contributed by atoms with Crippen molar-refractivity contribution in [2.24, 2.45) is 5.92 Å². The van der Waals surface area contributed by atoms with Crippen LogP contribution >= 0.6 is 0 Å². The summed E-state index contributed by atoms with van der Waals surface area (Å²) in [7, 11) is 0. The molecule has 2 aromatic carbocycles. The Morgan fingerprint density at radius 3 is 2.44 bits per heavy atom. The summed E-state index contributed by atoms with van der Waals surface area (Å²) in [5.41, 5.74) is 4.70. The van der Waals surface area contributed by atoms with E-state index >= 15 is 0 Å². The molecule has 166 valence electrons. The Bertz CT molecular complexity index is 1080. The molecule has 0 bridgehead atoms. The molecule has 7 nitrogen and oxygen atoms in total. The quantitative estimate of drug-likeness (QED) is 0.640. The van der Waals surface area contributed by atoms with Gasteiger partial charge in [0, 0.05) is 36.6 Å². The van der Waals surface area contributed by atoms with Crippen molar-refractivity contribution in [2.75, 3.05) is 18.4 Å². The van der Waals surface area contributed by atoms with Gasteiger partial charge < -0.3 is 15.5 Å². The van der Waals surface area contributed by atoms with Gasteiger partial charge in [-0.05, 0) is 51.0 Å². The van der Waals surface area contributed by atoms with E-state index in [-0.39, 0.29) is 17.9 Å². The smallest absolute Gasteiger partial charge is 0.321 e. The van der Waals surface area contributed by atoms with E-state index in [1.165, 1.54) is 0 Å². The average Bonchev–Trinajstić information content (AvgIpc) is 3.12. The second kappa shape index (κ2) is 9.68. The first kappa shape index (κ1) is 21.6. The minimum Gasteiger partial charge on any atom is -0.352 e. The molecule has 4 rings (SSSR count). The molecule has 0 radical (unpaired) electrons. The Labute approximate surface area is 188 Å². The molecule has 1 fully saturated rings. The number of benzene rings is 2. The van der Waals surface area contributed by atoms with E-state index in [4.69, 9.17) is 0 Å². The molecule has 1 saturated heterocycles. The number of nitrogens with zero attached hydrogens (tertiary/aromatic N) is 3. The maximum atomic E-state index is 12.9. The molecule has 3 amide bonds. The molecule has 2 heterocycles. The maximum absolute atomic E-state index is 12.9. The highest BCUT2D eigenvalue weighted by molar-refractivity contribution is 5.90. The number of urea groups is 1. The fraction of sp³-hybridized carbons (Fsp3) is 0.320. The van der Waals surface area contributed by atoms with Gasteiger partial charge in [-0.25, -0.2) is 9.48 Å². The molecule has 1 aliphatic rings. The molecular weight excluding hydrogens is 402 g/mol. The summed E-state index contributed by atoms with van der Waals surface area (Å²) in [5.74, 6) is -0.233.